The van der Waals surface area contributed by atoms with Gasteiger partial charge in [-0.05, 0) is 67.7 Å². The molecular weight excluding hydrogens is 502 g/mol. The number of thiophene rings is 1. The first kappa shape index (κ1) is 25.9. The van der Waals surface area contributed by atoms with Gasteiger partial charge in [-0.2, -0.15) is 0 Å². The summed E-state index contributed by atoms with van der Waals surface area (Å²) in [5.41, 5.74) is 3.52. The van der Waals surface area contributed by atoms with Crippen LogP contribution >= 0.6 is 23.7 Å². The third kappa shape index (κ3) is 5.89. The number of methoxy groups -OCH3 is 1. The van der Waals surface area contributed by atoms with Crippen molar-refractivity contribution in [3.63, 3.8) is 0 Å². The zero-order valence-corrected chi connectivity index (χ0v) is 23.0. The highest BCUT2D eigenvalue weighted by Crippen LogP contribution is 2.38. The van der Waals surface area contributed by atoms with Crippen LogP contribution in [-0.2, 0) is 13.0 Å². The van der Waals surface area contributed by atoms with E-state index >= 15 is 0 Å². The molecule has 2 fully saturated rings. The number of nitrogens with zero attached hydrogens (tertiary/aromatic N) is 4. The normalized spacial score (nSPS) is 19.1. The Bertz CT molecular complexity index is 1340. The number of halogens is 1. The Morgan fingerprint density at radius 2 is 1.86 bits per heavy atom. The van der Waals surface area contributed by atoms with Gasteiger partial charge in [0.05, 0.1) is 18.7 Å². The lowest BCUT2D eigenvalue weighted by Gasteiger charge is -2.26. The molecule has 194 valence electrons. The molecule has 6 nitrogen and oxygen atoms in total. The number of nitrogens with one attached hydrogen (secondary N) is 1. The maximum atomic E-state index is 5.30. The van der Waals surface area contributed by atoms with Gasteiger partial charge in [0.2, 0.25) is 0 Å². The third-order valence-corrected chi connectivity index (χ3v) is 8.73. The molecule has 1 aromatic carbocycles. The van der Waals surface area contributed by atoms with E-state index < -0.39 is 0 Å². The van der Waals surface area contributed by atoms with Gasteiger partial charge in [-0.1, -0.05) is 24.3 Å². The smallest absolute Gasteiger partial charge is 0.140 e. The number of rotatable bonds is 9. The molecule has 3 heterocycles. The molecule has 0 saturated heterocycles. The van der Waals surface area contributed by atoms with Crippen LogP contribution in [-0.4, -0.2) is 41.2 Å². The van der Waals surface area contributed by atoms with Crippen molar-refractivity contribution in [2.24, 2.45) is 5.92 Å². The Morgan fingerprint density at radius 3 is 2.65 bits per heavy atom. The maximum Gasteiger partial charge on any atom is 0.140 e. The molecule has 1 N–H and O–H groups in total. The fourth-order valence-corrected chi connectivity index (χ4v) is 6.42. The highest BCUT2D eigenvalue weighted by molar-refractivity contribution is 7.18. The molecule has 6 rings (SSSR count). The van der Waals surface area contributed by atoms with E-state index in [2.05, 4.69) is 57.6 Å². The van der Waals surface area contributed by atoms with Crippen molar-refractivity contribution in [1.29, 1.82) is 0 Å². The molecule has 2 aliphatic carbocycles. The number of pyridine rings is 1. The highest BCUT2D eigenvalue weighted by atomic mass is 35.5. The summed E-state index contributed by atoms with van der Waals surface area (Å²) in [5.74, 6) is 2.76. The Kier molecular flexibility index (Phi) is 7.93. The number of hydrogen-bond acceptors (Lipinski definition) is 7. The Balaban J connectivity index is 0.00000280. The van der Waals surface area contributed by atoms with Gasteiger partial charge in [-0.15, -0.1) is 23.7 Å². The maximum absolute atomic E-state index is 5.30. The van der Waals surface area contributed by atoms with Crippen molar-refractivity contribution >= 4 is 39.8 Å². The number of hydrogen-bond donors (Lipinski definition) is 1. The third-order valence-electron chi connectivity index (χ3n) is 7.66. The van der Waals surface area contributed by atoms with Crippen molar-refractivity contribution in [2.75, 3.05) is 19.1 Å². The summed E-state index contributed by atoms with van der Waals surface area (Å²) in [6, 6.07) is 14.1. The first-order valence-corrected chi connectivity index (χ1v) is 13.8. The average Bonchev–Trinajstić information content (AvgIpc) is 3.43. The quantitative estimate of drug-likeness (QED) is 0.272. The number of fused-ring (bicyclic) bond motifs is 1. The molecule has 3 aromatic heterocycles. The molecular formula is C29H34ClN5OS. The van der Waals surface area contributed by atoms with Crippen molar-refractivity contribution in [2.45, 2.75) is 57.2 Å². The zero-order chi connectivity index (χ0) is 24.5. The van der Waals surface area contributed by atoms with E-state index in [9.17, 15) is 0 Å². The highest BCUT2D eigenvalue weighted by Gasteiger charge is 2.29. The lowest BCUT2D eigenvalue weighted by atomic mass is 10.1. The van der Waals surface area contributed by atoms with E-state index in [1.165, 1.54) is 47.9 Å². The van der Waals surface area contributed by atoms with Crippen LogP contribution in [0.5, 0.6) is 5.75 Å². The second-order valence-electron chi connectivity index (χ2n) is 10.2. The van der Waals surface area contributed by atoms with Crippen LogP contribution in [0.25, 0.3) is 21.3 Å². The van der Waals surface area contributed by atoms with Crippen molar-refractivity contribution in [3.05, 3.63) is 65.6 Å². The summed E-state index contributed by atoms with van der Waals surface area (Å²) in [6.07, 6.45) is 12.8. The zero-order valence-electron chi connectivity index (χ0n) is 21.4. The van der Waals surface area contributed by atoms with E-state index in [0.29, 0.717) is 12.1 Å². The van der Waals surface area contributed by atoms with Gasteiger partial charge in [0.15, 0.2) is 0 Å². The summed E-state index contributed by atoms with van der Waals surface area (Å²) in [5, 5.41) is 5.02. The van der Waals surface area contributed by atoms with Gasteiger partial charge < -0.3 is 15.0 Å². The molecule has 4 aromatic rings. The van der Waals surface area contributed by atoms with Gasteiger partial charge in [-0.25, -0.2) is 9.97 Å². The van der Waals surface area contributed by atoms with Crippen LogP contribution < -0.4 is 15.0 Å². The Morgan fingerprint density at radius 1 is 1.03 bits per heavy atom. The number of anilines is 1. The van der Waals surface area contributed by atoms with Crippen LogP contribution in [0, 0.1) is 5.92 Å². The lowest BCUT2D eigenvalue weighted by Crippen LogP contribution is -2.33. The first-order chi connectivity index (χ1) is 17.7. The van der Waals surface area contributed by atoms with Crippen molar-refractivity contribution in [1.82, 2.24) is 20.3 Å². The minimum absolute atomic E-state index is 0. The standard InChI is InChI=1S/C29H33N5OS.ClH/c1-34(28-27-14-26(11-19-3-4-19)36-29(27)33-18-32-28)24-10-9-23(13-24)31-15-20-5-7-21(8-6-20)22-12-25(35-2)17-30-16-22;/h5-8,12,14,16-19,23-24,31H,3-4,9-11,13,15H2,1-2H3;1H/t23-,24+;/m0./s1. The second kappa shape index (κ2) is 11.3. The van der Waals surface area contributed by atoms with E-state index in [1.807, 2.05) is 23.6 Å². The molecule has 2 atom stereocenters. The monoisotopic (exact) mass is 535 g/mol. The predicted molar refractivity (Wildman–Crippen MR) is 154 cm³/mol. The van der Waals surface area contributed by atoms with Gasteiger partial charge in [0.1, 0.15) is 22.7 Å². The minimum atomic E-state index is 0. The molecule has 0 amide bonds. The van der Waals surface area contributed by atoms with E-state index in [0.717, 1.165) is 46.4 Å². The first-order valence-electron chi connectivity index (χ1n) is 12.9. The number of benzene rings is 1. The summed E-state index contributed by atoms with van der Waals surface area (Å²) >= 11 is 1.85. The van der Waals surface area contributed by atoms with E-state index in [4.69, 9.17) is 9.72 Å². The minimum Gasteiger partial charge on any atom is -0.495 e. The lowest BCUT2D eigenvalue weighted by molar-refractivity contribution is 0.413. The SMILES string of the molecule is COc1cncc(-c2ccc(CN[C@H]3CC[C@@H](N(C)c4ncnc5sc(CC6CC6)cc45)C3)cc2)c1.Cl. The van der Waals surface area contributed by atoms with Gasteiger partial charge >= 0.3 is 0 Å². The summed E-state index contributed by atoms with van der Waals surface area (Å²) in [6.45, 7) is 0.880. The van der Waals surface area contributed by atoms with Crippen LogP contribution in [0.4, 0.5) is 5.82 Å². The largest absolute Gasteiger partial charge is 0.495 e. The van der Waals surface area contributed by atoms with Crippen LogP contribution in [0.3, 0.4) is 0 Å². The number of ether oxygens (including phenoxy) is 1. The van der Waals surface area contributed by atoms with Crippen LogP contribution in [0.15, 0.2) is 55.1 Å². The summed E-state index contributed by atoms with van der Waals surface area (Å²) < 4.78 is 5.30. The van der Waals surface area contributed by atoms with Crippen LogP contribution in [0.1, 0.15) is 42.5 Å². The number of aromatic nitrogens is 3. The molecule has 2 aliphatic rings. The Labute approximate surface area is 228 Å². The molecule has 0 aliphatic heterocycles. The molecule has 0 spiro atoms. The Hall–Kier alpha value is -2.74. The van der Waals surface area contributed by atoms with E-state index in [-0.39, 0.29) is 12.4 Å². The van der Waals surface area contributed by atoms with Crippen molar-refractivity contribution in [3.8, 4) is 16.9 Å². The summed E-state index contributed by atoms with van der Waals surface area (Å²) in [4.78, 5) is 18.5. The fraction of sp³-hybridized carbons (Fsp3) is 0.414. The summed E-state index contributed by atoms with van der Waals surface area (Å²) in [7, 11) is 3.88. The fourth-order valence-electron chi connectivity index (χ4n) is 5.31. The second-order valence-corrected chi connectivity index (χ2v) is 11.4. The van der Waals surface area contributed by atoms with Crippen molar-refractivity contribution < 1.29 is 4.74 Å². The molecule has 2 saturated carbocycles. The topological polar surface area (TPSA) is 63.2 Å². The van der Waals surface area contributed by atoms with Gasteiger partial charge in [0, 0.05) is 42.3 Å². The predicted octanol–water partition coefficient (Wildman–Crippen LogP) is 6.28. The molecule has 37 heavy (non-hydrogen) atoms. The average molecular weight is 536 g/mol. The van der Waals surface area contributed by atoms with Gasteiger partial charge in [0.25, 0.3) is 0 Å². The van der Waals surface area contributed by atoms with E-state index in [1.54, 1.807) is 19.6 Å². The molecule has 0 bridgehead atoms. The molecule has 0 unspecified atom stereocenters. The molecule has 0 radical (unpaired) electrons. The molecule has 8 heteroatoms. The van der Waals surface area contributed by atoms with Gasteiger partial charge in [-0.3, -0.25) is 4.98 Å². The van der Waals surface area contributed by atoms with Crippen LogP contribution in [0.2, 0.25) is 0 Å².